The highest BCUT2D eigenvalue weighted by molar-refractivity contribution is 6.04. The van der Waals surface area contributed by atoms with E-state index in [9.17, 15) is 4.79 Å². The van der Waals surface area contributed by atoms with Crippen LogP contribution in [0.25, 0.3) is 0 Å². The van der Waals surface area contributed by atoms with Crippen molar-refractivity contribution < 1.29 is 9.53 Å². The molecule has 21 heavy (non-hydrogen) atoms. The van der Waals surface area contributed by atoms with E-state index in [1.807, 2.05) is 0 Å². The topological polar surface area (TPSA) is 63.2 Å². The first-order valence-electron chi connectivity index (χ1n) is 6.48. The number of benzene rings is 1. The lowest BCUT2D eigenvalue weighted by Gasteiger charge is -2.08. The van der Waals surface area contributed by atoms with Crippen molar-refractivity contribution in [3.8, 4) is 5.75 Å². The minimum Gasteiger partial charge on any atom is -0.497 e. The van der Waals surface area contributed by atoms with Gasteiger partial charge in [0, 0.05) is 24.6 Å². The van der Waals surface area contributed by atoms with Crippen LogP contribution in [0.3, 0.4) is 0 Å². The fraction of sp³-hybridized carbons (Fsp3) is 0.125. The summed E-state index contributed by atoms with van der Waals surface area (Å²) in [5.41, 5.74) is 1.96. The quantitative estimate of drug-likeness (QED) is 0.800. The largest absolute Gasteiger partial charge is 0.497 e. The predicted molar refractivity (Wildman–Crippen MR) is 83.9 cm³/mol. The molecule has 0 radical (unpaired) electrons. The molecule has 1 aromatic heterocycles. The first-order chi connectivity index (χ1) is 10.2. The number of ether oxygens (including phenoxy) is 1. The molecule has 0 aliphatic rings. The van der Waals surface area contributed by atoms with E-state index < -0.39 is 0 Å². The molecule has 0 bridgehead atoms. The number of methoxy groups -OCH3 is 1. The number of amides is 1. The second kappa shape index (κ2) is 7.09. The third kappa shape index (κ3) is 4.07. The Morgan fingerprint density at radius 2 is 2.05 bits per heavy atom. The Balaban J connectivity index is 2.06. The summed E-state index contributed by atoms with van der Waals surface area (Å²) in [5, 5.41) is 5.90. The normalized spacial score (nSPS) is 9.76. The standard InChI is InChI=1S/C16H17N3O2/c1-3-8-18-14-9-12(10-17-11-14)16(20)19-13-4-6-15(21-2)7-5-13/h3-7,9-11,18H,1,8H2,2H3,(H,19,20). The number of hydrogen-bond acceptors (Lipinski definition) is 4. The van der Waals surface area contributed by atoms with E-state index in [-0.39, 0.29) is 5.91 Å². The molecule has 1 heterocycles. The monoisotopic (exact) mass is 283 g/mol. The molecule has 2 N–H and O–H groups in total. The van der Waals surface area contributed by atoms with E-state index in [1.165, 1.54) is 6.20 Å². The maximum Gasteiger partial charge on any atom is 0.257 e. The number of carbonyl (C=O) groups excluding carboxylic acids is 1. The Bertz CT molecular complexity index is 624. The molecular weight excluding hydrogens is 266 g/mol. The molecule has 2 rings (SSSR count). The Labute approximate surface area is 123 Å². The summed E-state index contributed by atoms with van der Waals surface area (Å²) in [6.07, 6.45) is 4.93. The molecule has 0 fully saturated rings. The Morgan fingerprint density at radius 3 is 2.71 bits per heavy atom. The zero-order valence-electron chi connectivity index (χ0n) is 11.8. The summed E-state index contributed by atoms with van der Waals surface area (Å²) in [6.45, 7) is 4.25. The smallest absolute Gasteiger partial charge is 0.257 e. The third-order valence-corrected chi connectivity index (χ3v) is 2.80. The van der Waals surface area contributed by atoms with E-state index in [2.05, 4.69) is 22.2 Å². The average molecular weight is 283 g/mol. The second-order valence-electron chi connectivity index (χ2n) is 4.31. The van der Waals surface area contributed by atoms with Crippen LogP contribution in [0.1, 0.15) is 10.4 Å². The van der Waals surface area contributed by atoms with Crippen LogP contribution in [-0.2, 0) is 0 Å². The SMILES string of the molecule is C=CCNc1cncc(C(=O)Nc2ccc(OC)cc2)c1. The fourth-order valence-corrected chi connectivity index (χ4v) is 1.73. The first-order valence-corrected chi connectivity index (χ1v) is 6.48. The zero-order valence-corrected chi connectivity index (χ0v) is 11.8. The summed E-state index contributed by atoms with van der Waals surface area (Å²) in [7, 11) is 1.60. The van der Waals surface area contributed by atoms with Gasteiger partial charge in [-0.3, -0.25) is 9.78 Å². The van der Waals surface area contributed by atoms with Crippen molar-refractivity contribution >= 4 is 17.3 Å². The second-order valence-corrected chi connectivity index (χ2v) is 4.31. The Morgan fingerprint density at radius 1 is 1.29 bits per heavy atom. The van der Waals surface area contributed by atoms with Crippen LogP contribution < -0.4 is 15.4 Å². The predicted octanol–water partition coefficient (Wildman–Crippen LogP) is 2.94. The van der Waals surface area contributed by atoms with Gasteiger partial charge in [0.05, 0.1) is 18.4 Å². The summed E-state index contributed by atoms with van der Waals surface area (Å²) < 4.78 is 5.07. The van der Waals surface area contributed by atoms with Gasteiger partial charge in [0.1, 0.15) is 5.75 Å². The highest BCUT2D eigenvalue weighted by atomic mass is 16.5. The van der Waals surface area contributed by atoms with Crippen molar-refractivity contribution in [2.75, 3.05) is 24.3 Å². The molecule has 1 aromatic carbocycles. The van der Waals surface area contributed by atoms with Gasteiger partial charge < -0.3 is 15.4 Å². The average Bonchev–Trinajstić information content (AvgIpc) is 2.54. The molecule has 0 spiro atoms. The van der Waals surface area contributed by atoms with Crippen molar-refractivity contribution in [3.05, 3.63) is 60.9 Å². The van der Waals surface area contributed by atoms with Gasteiger partial charge in [-0.2, -0.15) is 0 Å². The van der Waals surface area contributed by atoms with Crippen LogP contribution in [0.2, 0.25) is 0 Å². The van der Waals surface area contributed by atoms with E-state index in [0.717, 1.165) is 11.4 Å². The van der Waals surface area contributed by atoms with Crippen LogP contribution in [-0.4, -0.2) is 24.5 Å². The number of hydrogen-bond donors (Lipinski definition) is 2. The summed E-state index contributed by atoms with van der Waals surface area (Å²) in [6, 6.07) is 8.88. The van der Waals surface area contributed by atoms with Gasteiger partial charge in [-0.05, 0) is 30.3 Å². The molecule has 0 saturated heterocycles. The van der Waals surface area contributed by atoms with Gasteiger partial charge in [0.2, 0.25) is 0 Å². The fourth-order valence-electron chi connectivity index (χ4n) is 1.73. The minimum absolute atomic E-state index is 0.213. The molecule has 5 heteroatoms. The lowest BCUT2D eigenvalue weighted by atomic mass is 10.2. The number of anilines is 2. The van der Waals surface area contributed by atoms with E-state index in [0.29, 0.717) is 17.8 Å². The van der Waals surface area contributed by atoms with Gasteiger partial charge in [0.25, 0.3) is 5.91 Å². The van der Waals surface area contributed by atoms with Crippen molar-refractivity contribution in [1.82, 2.24) is 4.98 Å². The first kappa shape index (κ1) is 14.6. The summed E-state index contributed by atoms with van der Waals surface area (Å²) in [5.74, 6) is 0.528. The lowest BCUT2D eigenvalue weighted by Crippen LogP contribution is -2.12. The molecule has 0 aliphatic heterocycles. The molecule has 1 amide bonds. The Hall–Kier alpha value is -2.82. The van der Waals surface area contributed by atoms with E-state index >= 15 is 0 Å². The molecule has 0 atom stereocenters. The van der Waals surface area contributed by atoms with E-state index in [1.54, 1.807) is 49.7 Å². The molecule has 0 aliphatic carbocycles. The molecule has 108 valence electrons. The number of carbonyl (C=O) groups is 1. The van der Waals surface area contributed by atoms with Crippen LogP contribution >= 0.6 is 0 Å². The van der Waals surface area contributed by atoms with Crippen molar-refractivity contribution in [2.24, 2.45) is 0 Å². The van der Waals surface area contributed by atoms with Gasteiger partial charge in [-0.15, -0.1) is 6.58 Å². The van der Waals surface area contributed by atoms with Gasteiger partial charge in [-0.1, -0.05) is 6.08 Å². The van der Waals surface area contributed by atoms with Crippen LogP contribution in [0.5, 0.6) is 5.75 Å². The van der Waals surface area contributed by atoms with Gasteiger partial charge >= 0.3 is 0 Å². The zero-order chi connectivity index (χ0) is 15.1. The third-order valence-electron chi connectivity index (χ3n) is 2.80. The molecule has 5 nitrogen and oxygen atoms in total. The lowest BCUT2D eigenvalue weighted by molar-refractivity contribution is 0.102. The Kier molecular flexibility index (Phi) is 4.93. The maximum atomic E-state index is 12.2. The number of nitrogens with one attached hydrogen (secondary N) is 2. The summed E-state index contributed by atoms with van der Waals surface area (Å²) >= 11 is 0. The number of aromatic nitrogens is 1. The molecule has 0 saturated carbocycles. The number of nitrogens with zero attached hydrogens (tertiary/aromatic N) is 1. The van der Waals surface area contributed by atoms with Crippen molar-refractivity contribution in [2.45, 2.75) is 0 Å². The minimum atomic E-state index is -0.213. The molecule has 0 unspecified atom stereocenters. The highest BCUT2D eigenvalue weighted by Gasteiger charge is 2.07. The maximum absolute atomic E-state index is 12.2. The van der Waals surface area contributed by atoms with Crippen LogP contribution in [0, 0.1) is 0 Å². The van der Waals surface area contributed by atoms with Crippen molar-refractivity contribution in [3.63, 3.8) is 0 Å². The van der Waals surface area contributed by atoms with Crippen LogP contribution in [0.4, 0.5) is 11.4 Å². The molecule has 2 aromatic rings. The highest BCUT2D eigenvalue weighted by Crippen LogP contribution is 2.16. The number of pyridine rings is 1. The van der Waals surface area contributed by atoms with Gasteiger partial charge in [-0.25, -0.2) is 0 Å². The van der Waals surface area contributed by atoms with Crippen molar-refractivity contribution in [1.29, 1.82) is 0 Å². The van der Waals surface area contributed by atoms with Gasteiger partial charge in [0.15, 0.2) is 0 Å². The van der Waals surface area contributed by atoms with E-state index in [4.69, 9.17) is 4.74 Å². The van der Waals surface area contributed by atoms with Crippen LogP contribution in [0.15, 0.2) is 55.4 Å². The number of rotatable bonds is 6. The molecular formula is C16H17N3O2. The summed E-state index contributed by atoms with van der Waals surface area (Å²) in [4.78, 5) is 16.2.